The second-order valence-corrected chi connectivity index (χ2v) is 6.90. The summed E-state index contributed by atoms with van der Waals surface area (Å²) in [5.74, 6) is -1.68. The lowest BCUT2D eigenvalue weighted by atomic mass is 9.71. The minimum Gasteiger partial charge on any atom is -0.460 e. The van der Waals surface area contributed by atoms with Gasteiger partial charge in [0, 0.05) is 11.3 Å². The monoisotopic (exact) mass is 404 g/mol. The molecule has 1 atom stereocenters. The highest BCUT2D eigenvalue weighted by molar-refractivity contribution is 6.13. The lowest BCUT2D eigenvalue weighted by molar-refractivity contribution is -0.141. The number of nitrogens with two attached hydrogens (primary N) is 1. The zero-order valence-electron chi connectivity index (χ0n) is 15.9. The van der Waals surface area contributed by atoms with Crippen molar-refractivity contribution in [1.82, 2.24) is 0 Å². The SMILES string of the molecule is CCOC(=O)C1=C(N)C2(C(=O)Nc3ccccc32)c2c(c3ccccc3oc2=O)O1. The van der Waals surface area contributed by atoms with E-state index in [1.807, 2.05) is 0 Å². The molecule has 150 valence electrons. The van der Waals surface area contributed by atoms with E-state index in [1.54, 1.807) is 55.5 Å². The normalized spacial score (nSPS) is 19.3. The number of para-hydroxylation sites is 2. The molecule has 0 radical (unpaired) electrons. The first-order valence-electron chi connectivity index (χ1n) is 9.32. The van der Waals surface area contributed by atoms with E-state index in [4.69, 9.17) is 19.6 Å². The standard InChI is InChI=1S/C22H16N2O6/c1-2-28-20(26)17-18(23)22(12-8-4-5-9-13(12)24-21(22)27)15-16(30-17)11-7-3-6-10-14(11)29-19(15)25/h3-10H,2,23H2,1H3,(H,24,27). The molecule has 8 heteroatoms. The number of rotatable bonds is 2. The van der Waals surface area contributed by atoms with Crippen molar-refractivity contribution in [3.63, 3.8) is 0 Å². The molecule has 0 aliphatic carbocycles. The molecular formula is C22H16N2O6. The first-order chi connectivity index (χ1) is 14.5. The Hall–Kier alpha value is -4.07. The first-order valence-corrected chi connectivity index (χ1v) is 9.32. The molecule has 2 aliphatic heterocycles. The minimum atomic E-state index is -1.78. The summed E-state index contributed by atoms with van der Waals surface area (Å²) in [6.07, 6.45) is 0. The zero-order chi connectivity index (χ0) is 21.0. The molecule has 0 saturated heterocycles. The molecule has 1 unspecified atom stereocenters. The van der Waals surface area contributed by atoms with Gasteiger partial charge in [-0.3, -0.25) is 4.79 Å². The maximum absolute atomic E-state index is 13.4. The number of hydrogen-bond donors (Lipinski definition) is 2. The van der Waals surface area contributed by atoms with E-state index in [0.717, 1.165) is 0 Å². The molecule has 1 amide bonds. The average molecular weight is 404 g/mol. The van der Waals surface area contributed by atoms with E-state index in [-0.39, 0.29) is 35.0 Å². The number of carbonyl (C=O) groups excluding carboxylic acids is 2. The Labute approximate surface area is 169 Å². The maximum atomic E-state index is 13.4. The highest BCUT2D eigenvalue weighted by atomic mass is 16.6. The van der Waals surface area contributed by atoms with Gasteiger partial charge in [0.25, 0.3) is 0 Å². The van der Waals surface area contributed by atoms with E-state index >= 15 is 0 Å². The van der Waals surface area contributed by atoms with Gasteiger partial charge in [-0.25, -0.2) is 9.59 Å². The third-order valence-electron chi connectivity index (χ3n) is 5.37. The number of hydrogen-bond acceptors (Lipinski definition) is 7. The van der Waals surface area contributed by atoms with Gasteiger partial charge in [0.05, 0.1) is 17.7 Å². The summed E-state index contributed by atoms with van der Waals surface area (Å²) in [5.41, 5.74) is 4.71. The number of amides is 1. The van der Waals surface area contributed by atoms with Gasteiger partial charge < -0.3 is 24.9 Å². The number of ether oxygens (including phenoxy) is 2. The fourth-order valence-corrected chi connectivity index (χ4v) is 4.13. The van der Waals surface area contributed by atoms with Crippen LogP contribution in [-0.4, -0.2) is 18.5 Å². The quantitative estimate of drug-likeness (QED) is 0.496. The van der Waals surface area contributed by atoms with Gasteiger partial charge in [-0.15, -0.1) is 0 Å². The number of esters is 1. The van der Waals surface area contributed by atoms with Crippen molar-refractivity contribution in [3.05, 3.63) is 81.5 Å². The van der Waals surface area contributed by atoms with Gasteiger partial charge >= 0.3 is 11.6 Å². The molecule has 3 heterocycles. The summed E-state index contributed by atoms with van der Waals surface area (Å²) in [6.45, 7) is 1.72. The van der Waals surface area contributed by atoms with Gasteiger partial charge in [-0.1, -0.05) is 30.3 Å². The zero-order valence-corrected chi connectivity index (χ0v) is 15.9. The predicted molar refractivity (Wildman–Crippen MR) is 107 cm³/mol. The summed E-state index contributed by atoms with van der Waals surface area (Å²) in [6, 6.07) is 13.5. The molecule has 5 rings (SSSR count). The maximum Gasteiger partial charge on any atom is 0.376 e. The lowest BCUT2D eigenvalue weighted by Crippen LogP contribution is -2.48. The minimum absolute atomic E-state index is 0.0472. The number of nitrogens with one attached hydrogen (secondary N) is 1. The van der Waals surface area contributed by atoms with Gasteiger partial charge in [0.2, 0.25) is 11.7 Å². The molecule has 0 bridgehead atoms. The fourth-order valence-electron chi connectivity index (χ4n) is 4.13. The van der Waals surface area contributed by atoms with Crippen LogP contribution in [0, 0.1) is 0 Å². The highest BCUT2D eigenvalue weighted by Crippen LogP contribution is 2.52. The van der Waals surface area contributed by atoms with Crippen molar-refractivity contribution >= 4 is 28.5 Å². The predicted octanol–water partition coefficient (Wildman–Crippen LogP) is 2.16. The average Bonchev–Trinajstić information content (AvgIpc) is 3.03. The molecule has 0 fully saturated rings. The van der Waals surface area contributed by atoms with E-state index < -0.39 is 22.9 Å². The fraction of sp³-hybridized carbons (Fsp3) is 0.136. The van der Waals surface area contributed by atoms with Crippen molar-refractivity contribution in [3.8, 4) is 5.75 Å². The lowest BCUT2D eigenvalue weighted by Gasteiger charge is -2.34. The Balaban J connectivity index is 1.96. The summed E-state index contributed by atoms with van der Waals surface area (Å²) in [4.78, 5) is 39.2. The Kier molecular flexibility index (Phi) is 3.73. The topological polar surface area (TPSA) is 121 Å². The van der Waals surface area contributed by atoms with Crippen LogP contribution in [0.2, 0.25) is 0 Å². The van der Waals surface area contributed by atoms with Crippen LogP contribution in [0.3, 0.4) is 0 Å². The molecule has 2 aliphatic rings. The third kappa shape index (κ3) is 2.13. The molecule has 8 nitrogen and oxygen atoms in total. The Morgan fingerprint density at radius 1 is 1.13 bits per heavy atom. The van der Waals surface area contributed by atoms with Gasteiger partial charge in [0.1, 0.15) is 11.1 Å². The second-order valence-electron chi connectivity index (χ2n) is 6.90. The Morgan fingerprint density at radius 2 is 1.87 bits per heavy atom. The molecule has 1 spiro atoms. The summed E-state index contributed by atoms with van der Waals surface area (Å²) in [5, 5.41) is 3.18. The summed E-state index contributed by atoms with van der Waals surface area (Å²) < 4.78 is 16.4. The van der Waals surface area contributed by atoms with Crippen molar-refractivity contribution in [1.29, 1.82) is 0 Å². The van der Waals surface area contributed by atoms with Crippen LogP contribution >= 0.6 is 0 Å². The van der Waals surface area contributed by atoms with E-state index in [1.165, 1.54) is 0 Å². The van der Waals surface area contributed by atoms with E-state index in [2.05, 4.69) is 5.32 Å². The van der Waals surface area contributed by atoms with Crippen LogP contribution in [0.4, 0.5) is 5.69 Å². The van der Waals surface area contributed by atoms with Crippen LogP contribution < -0.4 is 21.4 Å². The molecule has 2 aromatic carbocycles. The van der Waals surface area contributed by atoms with Crippen LogP contribution in [0.15, 0.2) is 69.2 Å². The van der Waals surface area contributed by atoms with Crippen LogP contribution in [0.25, 0.3) is 11.0 Å². The highest BCUT2D eigenvalue weighted by Gasteiger charge is 2.58. The number of fused-ring (bicyclic) bond motifs is 6. The first kappa shape index (κ1) is 18.0. The van der Waals surface area contributed by atoms with Gasteiger partial charge in [-0.2, -0.15) is 0 Å². The third-order valence-corrected chi connectivity index (χ3v) is 5.37. The van der Waals surface area contributed by atoms with Crippen LogP contribution in [0.1, 0.15) is 18.1 Å². The number of anilines is 1. The molecule has 0 saturated carbocycles. The number of carbonyl (C=O) groups is 2. The van der Waals surface area contributed by atoms with Gasteiger partial charge in [-0.05, 0) is 25.1 Å². The van der Waals surface area contributed by atoms with Gasteiger partial charge in [0.15, 0.2) is 11.2 Å². The van der Waals surface area contributed by atoms with Crippen molar-refractivity contribution in [2.24, 2.45) is 5.73 Å². The molecular weight excluding hydrogens is 388 g/mol. The molecule has 3 aromatic rings. The molecule has 30 heavy (non-hydrogen) atoms. The van der Waals surface area contributed by atoms with Crippen molar-refractivity contribution in [2.75, 3.05) is 11.9 Å². The summed E-state index contributed by atoms with van der Waals surface area (Å²) >= 11 is 0. The van der Waals surface area contributed by atoms with E-state index in [0.29, 0.717) is 16.6 Å². The Morgan fingerprint density at radius 3 is 2.67 bits per heavy atom. The summed E-state index contributed by atoms with van der Waals surface area (Å²) in [7, 11) is 0. The van der Waals surface area contributed by atoms with E-state index in [9.17, 15) is 14.4 Å². The number of benzene rings is 2. The molecule has 1 aromatic heterocycles. The van der Waals surface area contributed by atoms with Crippen LogP contribution in [-0.2, 0) is 19.7 Å². The van der Waals surface area contributed by atoms with Crippen LogP contribution in [0.5, 0.6) is 5.75 Å². The molecule has 3 N–H and O–H groups in total. The Bertz CT molecular complexity index is 1340. The second kappa shape index (κ2) is 6.21. The van der Waals surface area contributed by atoms with Crippen molar-refractivity contribution in [2.45, 2.75) is 12.3 Å². The van der Waals surface area contributed by atoms with Crippen molar-refractivity contribution < 1.29 is 23.5 Å². The smallest absolute Gasteiger partial charge is 0.376 e. The largest absolute Gasteiger partial charge is 0.460 e.